The van der Waals surface area contributed by atoms with E-state index in [0.717, 1.165) is 6.42 Å². The molecule has 2 atom stereocenters. The number of carbonyl (C=O) groups excluding carboxylic acids is 1. The average molecular weight is 247 g/mol. The SMILES string of the molecule is CC[C@H](C)[C@H](O)CNC(=O)c1ccc(C#N)cn1. The molecule has 1 aromatic heterocycles. The number of aliphatic hydroxyl groups excluding tert-OH is 1. The maximum absolute atomic E-state index is 11.7. The molecule has 1 heterocycles. The van der Waals surface area contributed by atoms with E-state index in [2.05, 4.69) is 10.3 Å². The van der Waals surface area contributed by atoms with Gasteiger partial charge < -0.3 is 10.4 Å². The lowest BCUT2D eigenvalue weighted by atomic mass is 10.0. The van der Waals surface area contributed by atoms with Crippen LogP contribution in [0.4, 0.5) is 0 Å². The second-order valence-electron chi connectivity index (χ2n) is 4.21. The summed E-state index contributed by atoms with van der Waals surface area (Å²) < 4.78 is 0. The molecular weight excluding hydrogens is 230 g/mol. The Morgan fingerprint density at radius 1 is 1.61 bits per heavy atom. The molecule has 2 N–H and O–H groups in total. The average Bonchev–Trinajstić information content (AvgIpc) is 2.43. The molecule has 5 heteroatoms. The summed E-state index contributed by atoms with van der Waals surface area (Å²) in [5, 5.41) is 20.9. The molecule has 5 nitrogen and oxygen atoms in total. The van der Waals surface area contributed by atoms with Crippen molar-refractivity contribution < 1.29 is 9.90 Å². The van der Waals surface area contributed by atoms with Gasteiger partial charge in [-0.3, -0.25) is 4.79 Å². The van der Waals surface area contributed by atoms with Crippen LogP contribution in [-0.4, -0.2) is 28.6 Å². The van der Waals surface area contributed by atoms with Crippen LogP contribution < -0.4 is 5.32 Å². The lowest BCUT2D eigenvalue weighted by Gasteiger charge is -2.17. The van der Waals surface area contributed by atoms with E-state index in [-0.39, 0.29) is 24.1 Å². The number of hydrogen-bond donors (Lipinski definition) is 2. The van der Waals surface area contributed by atoms with Crippen LogP contribution in [0.2, 0.25) is 0 Å². The van der Waals surface area contributed by atoms with E-state index in [1.807, 2.05) is 19.9 Å². The second kappa shape index (κ2) is 6.72. The van der Waals surface area contributed by atoms with Crippen molar-refractivity contribution in [3.05, 3.63) is 29.6 Å². The molecule has 1 rings (SSSR count). The Kier molecular flexibility index (Phi) is 5.28. The highest BCUT2D eigenvalue weighted by Gasteiger charge is 2.14. The number of carbonyl (C=O) groups is 1. The monoisotopic (exact) mass is 247 g/mol. The van der Waals surface area contributed by atoms with Crippen molar-refractivity contribution in [3.8, 4) is 6.07 Å². The van der Waals surface area contributed by atoms with E-state index in [4.69, 9.17) is 5.26 Å². The van der Waals surface area contributed by atoms with Crippen LogP contribution in [0.15, 0.2) is 18.3 Å². The van der Waals surface area contributed by atoms with Crippen molar-refractivity contribution in [2.45, 2.75) is 26.4 Å². The number of amides is 1. The van der Waals surface area contributed by atoms with E-state index in [0.29, 0.717) is 5.56 Å². The summed E-state index contributed by atoms with van der Waals surface area (Å²) in [6.07, 6.45) is 1.64. The van der Waals surface area contributed by atoms with Crippen molar-refractivity contribution >= 4 is 5.91 Å². The van der Waals surface area contributed by atoms with Crippen LogP contribution in [-0.2, 0) is 0 Å². The zero-order chi connectivity index (χ0) is 13.5. The topological polar surface area (TPSA) is 86.0 Å². The first-order valence-corrected chi connectivity index (χ1v) is 5.90. The Bertz CT molecular complexity index is 437. The predicted octanol–water partition coefficient (Wildman–Crippen LogP) is 1.09. The maximum atomic E-state index is 11.7. The first kappa shape index (κ1) is 14.1. The number of aromatic nitrogens is 1. The lowest BCUT2D eigenvalue weighted by molar-refractivity contribution is 0.0846. The van der Waals surface area contributed by atoms with Crippen LogP contribution >= 0.6 is 0 Å². The molecule has 1 aromatic rings. The van der Waals surface area contributed by atoms with E-state index < -0.39 is 6.10 Å². The van der Waals surface area contributed by atoms with Gasteiger partial charge in [-0.1, -0.05) is 20.3 Å². The molecule has 0 radical (unpaired) electrons. The second-order valence-corrected chi connectivity index (χ2v) is 4.21. The number of pyridine rings is 1. The van der Waals surface area contributed by atoms with E-state index >= 15 is 0 Å². The van der Waals surface area contributed by atoms with Gasteiger partial charge in [0.2, 0.25) is 0 Å². The highest BCUT2D eigenvalue weighted by Crippen LogP contribution is 2.06. The van der Waals surface area contributed by atoms with Crippen molar-refractivity contribution in [1.82, 2.24) is 10.3 Å². The summed E-state index contributed by atoms with van der Waals surface area (Å²) in [4.78, 5) is 15.6. The summed E-state index contributed by atoms with van der Waals surface area (Å²) in [6.45, 7) is 4.12. The van der Waals surface area contributed by atoms with Crippen molar-refractivity contribution in [2.75, 3.05) is 6.54 Å². The molecule has 0 bridgehead atoms. The van der Waals surface area contributed by atoms with Gasteiger partial charge >= 0.3 is 0 Å². The molecule has 0 spiro atoms. The fourth-order valence-electron chi connectivity index (χ4n) is 1.36. The highest BCUT2D eigenvalue weighted by molar-refractivity contribution is 5.92. The number of nitrogens with zero attached hydrogens (tertiary/aromatic N) is 2. The molecule has 96 valence electrons. The third-order valence-electron chi connectivity index (χ3n) is 2.90. The molecule has 0 aromatic carbocycles. The molecule has 0 saturated carbocycles. The molecule has 0 unspecified atom stereocenters. The lowest BCUT2D eigenvalue weighted by Crippen LogP contribution is -2.35. The first-order chi connectivity index (χ1) is 8.58. The highest BCUT2D eigenvalue weighted by atomic mass is 16.3. The fourth-order valence-corrected chi connectivity index (χ4v) is 1.36. The molecule has 0 aliphatic carbocycles. The minimum Gasteiger partial charge on any atom is -0.391 e. The molecule has 0 fully saturated rings. The summed E-state index contributed by atoms with van der Waals surface area (Å²) in [5.74, 6) is -0.207. The Hall–Kier alpha value is -1.93. The predicted molar refractivity (Wildman–Crippen MR) is 66.7 cm³/mol. The Balaban J connectivity index is 2.53. The quantitative estimate of drug-likeness (QED) is 0.815. The summed E-state index contributed by atoms with van der Waals surface area (Å²) in [7, 11) is 0. The molecule has 0 aliphatic rings. The van der Waals surface area contributed by atoms with E-state index in [1.165, 1.54) is 18.3 Å². The van der Waals surface area contributed by atoms with Gasteiger partial charge in [-0.25, -0.2) is 4.98 Å². The van der Waals surface area contributed by atoms with Crippen molar-refractivity contribution in [2.24, 2.45) is 5.92 Å². The normalized spacial score (nSPS) is 13.4. The molecule has 1 amide bonds. The van der Waals surface area contributed by atoms with Gasteiger partial charge in [0.1, 0.15) is 11.8 Å². The van der Waals surface area contributed by atoms with Crippen LogP contribution in [0.3, 0.4) is 0 Å². The molecule has 0 aliphatic heterocycles. The Labute approximate surface area is 106 Å². The number of hydrogen-bond acceptors (Lipinski definition) is 4. The van der Waals surface area contributed by atoms with Crippen molar-refractivity contribution in [3.63, 3.8) is 0 Å². The third-order valence-corrected chi connectivity index (χ3v) is 2.90. The Morgan fingerprint density at radius 2 is 2.33 bits per heavy atom. The summed E-state index contributed by atoms with van der Waals surface area (Å²) in [5.41, 5.74) is 0.650. The molecule has 0 saturated heterocycles. The van der Waals surface area contributed by atoms with Crippen molar-refractivity contribution in [1.29, 1.82) is 5.26 Å². The van der Waals surface area contributed by atoms with E-state index in [1.54, 1.807) is 0 Å². The number of nitrogens with one attached hydrogen (secondary N) is 1. The number of nitriles is 1. The van der Waals surface area contributed by atoms with Gasteiger partial charge in [0, 0.05) is 12.7 Å². The summed E-state index contributed by atoms with van der Waals surface area (Å²) in [6, 6.07) is 4.96. The van der Waals surface area contributed by atoms with Gasteiger partial charge in [0.25, 0.3) is 5.91 Å². The first-order valence-electron chi connectivity index (χ1n) is 5.90. The van der Waals surface area contributed by atoms with Gasteiger partial charge in [-0.2, -0.15) is 5.26 Å². The number of rotatable bonds is 5. The van der Waals surface area contributed by atoms with Crippen LogP contribution in [0.25, 0.3) is 0 Å². The van der Waals surface area contributed by atoms with Crippen LogP contribution in [0.5, 0.6) is 0 Å². The van der Waals surface area contributed by atoms with E-state index in [9.17, 15) is 9.90 Å². The summed E-state index contributed by atoms with van der Waals surface area (Å²) >= 11 is 0. The standard InChI is InChI=1S/C13H17N3O2/c1-3-9(2)12(17)8-16-13(18)11-5-4-10(6-14)7-15-11/h4-5,7,9,12,17H,3,8H2,1-2H3,(H,16,18)/t9-,12+/m0/s1. The van der Waals surface area contributed by atoms with Gasteiger partial charge in [0.15, 0.2) is 0 Å². The zero-order valence-electron chi connectivity index (χ0n) is 10.6. The Morgan fingerprint density at radius 3 is 2.83 bits per heavy atom. The van der Waals surface area contributed by atoms with Crippen LogP contribution in [0.1, 0.15) is 36.3 Å². The minimum absolute atomic E-state index is 0.138. The fraction of sp³-hybridized carbons (Fsp3) is 0.462. The minimum atomic E-state index is -0.558. The van der Waals surface area contributed by atoms with Gasteiger partial charge in [-0.05, 0) is 18.1 Å². The number of aliphatic hydroxyl groups is 1. The molecular formula is C13H17N3O2. The van der Waals surface area contributed by atoms with Gasteiger partial charge in [0.05, 0.1) is 11.7 Å². The molecule has 18 heavy (non-hydrogen) atoms. The smallest absolute Gasteiger partial charge is 0.269 e. The van der Waals surface area contributed by atoms with Crippen LogP contribution in [0, 0.1) is 17.2 Å². The largest absolute Gasteiger partial charge is 0.391 e. The maximum Gasteiger partial charge on any atom is 0.269 e. The third kappa shape index (κ3) is 3.82. The zero-order valence-corrected chi connectivity index (χ0v) is 10.6. The van der Waals surface area contributed by atoms with Gasteiger partial charge in [-0.15, -0.1) is 0 Å².